The lowest BCUT2D eigenvalue weighted by molar-refractivity contribution is -0.146. The molecule has 1 heterocycles. The summed E-state index contributed by atoms with van der Waals surface area (Å²) in [6.07, 6.45) is 4.00. The molecule has 0 fully saturated rings. The largest absolute Gasteiger partial charge is 0.350 e. The van der Waals surface area contributed by atoms with E-state index in [1.165, 1.54) is 22.9 Å². The zero-order chi connectivity index (χ0) is 16.0. The van der Waals surface area contributed by atoms with Gasteiger partial charge in [-0.1, -0.05) is 51.1 Å². The lowest BCUT2D eigenvalue weighted by atomic mass is 9.90. The molecule has 0 aliphatic carbocycles. The zero-order valence-electron chi connectivity index (χ0n) is 13.4. The van der Waals surface area contributed by atoms with Gasteiger partial charge < -0.3 is 4.74 Å². The zero-order valence-corrected chi connectivity index (χ0v) is 13.4. The molecule has 5 nitrogen and oxygen atoms in total. The number of ketones is 1. The summed E-state index contributed by atoms with van der Waals surface area (Å²) in [6, 6.07) is 10.2. The normalized spacial score (nSPS) is 13.0. The van der Waals surface area contributed by atoms with Crippen LogP contribution in [0.3, 0.4) is 0 Å². The van der Waals surface area contributed by atoms with Crippen LogP contribution < -0.4 is 0 Å². The van der Waals surface area contributed by atoms with Crippen LogP contribution in [0.1, 0.15) is 39.0 Å². The van der Waals surface area contributed by atoms with E-state index in [0.717, 1.165) is 12.8 Å². The standard InChI is InChI=1S/C17H23N3O2/c1-17(2,3)15(21)16(20-13-18-12-19-20)22-11-7-10-14-8-5-4-6-9-14/h4-6,8-9,12-13,16H,7,10-11H2,1-3H3. The Bertz CT molecular complexity index is 574. The Kier molecular flexibility index (Phi) is 5.44. The van der Waals surface area contributed by atoms with Gasteiger partial charge in [0.25, 0.3) is 0 Å². The van der Waals surface area contributed by atoms with Gasteiger partial charge in [-0.05, 0) is 18.4 Å². The Hall–Kier alpha value is -2.01. The van der Waals surface area contributed by atoms with E-state index in [-0.39, 0.29) is 5.78 Å². The van der Waals surface area contributed by atoms with E-state index in [2.05, 4.69) is 22.2 Å². The maximum Gasteiger partial charge on any atom is 0.211 e. The van der Waals surface area contributed by atoms with Gasteiger partial charge in [-0.25, -0.2) is 9.67 Å². The first-order chi connectivity index (χ1) is 10.5. The van der Waals surface area contributed by atoms with Crippen molar-refractivity contribution in [2.45, 2.75) is 39.8 Å². The minimum atomic E-state index is -0.710. The highest BCUT2D eigenvalue weighted by atomic mass is 16.5. The van der Waals surface area contributed by atoms with Crippen LogP contribution in [0.4, 0.5) is 0 Å². The Morgan fingerprint density at radius 2 is 2.00 bits per heavy atom. The molecule has 2 aromatic rings. The molecule has 0 spiro atoms. The average molecular weight is 301 g/mol. The van der Waals surface area contributed by atoms with E-state index < -0.39 is 11.6 Å². The van der Waals surface area contributed by atoms with Crippen molar-refractivity contribution in [3.63, 3.8) is 0 Å². The van der Waals surface area contributed by atoms with Gasteiger partial charge in [-0.2, -0.15) is 5.10 Å². The molecule has 0 aliphatic heterocycles. The summed E-state index contributed by atoms with van der Waals surface area (Å²) in [4.78, 5) is 16.4. The minimum Gasteiger partial charge on any atom is -0.350 e. The number of ether oxygens (including phenoxy) is 1. The van der Waals surface area contributed by atoms with Crippen molar-refractivity contribution in [2.24, 2.45) is 5.41 Å². The van der Waals surface area contributed by atoms with Crippen LogP contribution in [0, 0.1) is 5.41 Å². The number of aromatic nitrogens is 3. The van der Waals surface area contributed by atoms with Crippen LogP contribution >= 0.6 is 0 Å². The van der Waals surface area contributed by atoms with Crippen LogP contribution in [0.25, 0.3) is 0 Å². The third-order valence-corrected chi connectivity index (χ3v) is 3.37. The second-order valence-corrected chi connectivity index (χ2v) is 6.30. The number of hydrogen-bond donors (Lipinski definition) is 0. The van der Waals surface area contributed by atoms with Crippen LogP contribution in [-0.2, 0) is 16.0 Å². The topological polar surface area (TPSA) is 57.0 Å². The van der Waals surface area contributed by atoms with Crippen LogP contribution in [0.2, 0.25) is 0 Å². The van der Waals surface area contributed by atoms with Gasteiger partial charge in [0.15, 0.2) is 5.78 Å². The number of carbonyl (C=O) groups is 1. The summed E-state index contributed by atoms with van der Waals surface area (Å²) in [5.74, 6) is -0.00212. The summed E-state index contributed by atoms with van der Waals surface area (Å²) in [7, 11) is 0. The number of aryl methyl sites for hydroxylation is 1. The second kappa shape index (κ2) is 7.31. The van der Waals surface area contributed by atoms with Gasteiger partial charge in [-0.3, -0.25) is 4.79 Å². The quantitative estimate of drug-likeness (QED) is 0.738. The van der Waals surface area contributed by atoms with Crippen LogP contribution in [0.5, 0.6) is 0 Å². The van der Waals surface area contributed by atoms with Gasteiger partial charge in [0, 0.05) is 5.41 Å². The number of carbonyl (C=O) groups excluding carboxylic acids is 1. The Morgan fingerprint density at radius 1 is 1.27 bits per heavy atom. The molecule has 0 saturated heterocycles. The second-order valence-electron chi connectivity index (χ2n) is 6.30. The van der Waals surface area contributed by atoms with Gasteiger partial charge in [-0.15, -0.1) is 0 Å². The molecule has 1 aromatic carbocycles. The van der Waals surface area contributed by atoms with E-state index in [1.807, 2.05) is 39.0 Å². The monoisotopic (exact) mass is 301 g/mol. The van der Waals surface area contributed by atoms with Crippen molar-refractivity contribution in [3.05, 3.63) is 48.5 Å². The summed E-state index contributed by atoms with van der Waals surface area (Å²) < 4.78 is 7.29. The van der Waals surface area contributed by atoms with Crippen LogP contribution in [0.15, 0.2) is 43.0 Å². The van der Waals surface area contributed by atoms with Gasteiger partial charge >= 0.3 is 0 Å². The van der Waals surface area contributed by atoms with Crippen molar-refractivity contribution >= 4 is 5.78 Å². The molecule has 118 valence electrons. The third kappa shape index (κ3) is 4.49. The van der Waals surface area contributed by atoms with Crippen molar-refractivity contribution in [1.29, 1.82) is 0 Å². The number of hydrogen-bond acceptors (Lipinski definition) is 4. The predicted molar refractivity (Wildman–Crippen MR) is 84.2 cm³/mol. The van der Waals surface area contributed by atoms with E-state index >= 15 is 0 Å². The number of rotatable bonds is 7. The van der Waals surface area contributed by atoms with E-state index in [9.17, 15) is 4.79 Å². The van der Waals surface area contributed by atoms with E-state index in [1.54, 1.807) is 0 Å². The first-order valence-electron chi connectivity index (χ1n) is 7.52. The number of nitrogens with zero attached hydrogens (tertiary/aromatic N) is 3. The summed E-state index contributed by atoms with van der Waals surface area (Å²) in [6.45, 7) is 6.15. The predicted octanol–water partition coefficient (Wildman–Crippen LogP) is 3.04. The number of benzene rings is 1. The molecule has 1 aromatic heterocycles. The van der Waals surface area contributed by atoms with Gasteiger partial charge in [0.1, 0.15) is 12.7 Å². The molecule has 5 heteroatoms. The Labute approximate surface area is 131 Å². The highest BCUT2D eigenvalue weighted by Gasteiger charge is 2.32. The molecule has 1 unspecified atom stereocenters. The smallest absolute Gasteiger partial charge is 0.211 e. The maximum atomic E-state index is 12.5. The van der Waals surface area contributed by atoms with E-state index in [4.69, 9.17) is 4.74 Å². The fraction of sp³-hybridized carbons (Fsp3) is 0.471. The van der Waals surface area contributed by atoms with Crippen molar-refractivity contribution in [1.82, 2.24) is 14.8 Å². The molecule has 0 aliphatic rings. The fourth-order valence-electron chi connectivity index (χ4n) is 2.10. The summed E-state index contributed by atoms with van der Waals surface area (Å²) in [5, 5.41) is 4.05. The molecular weight excluding hydrogens is 278 g/mol. The molecule has 0 N–H and O–H groups in total. The van der Waals surface area contributed by atoms with Crippen molar-refractivity contribution < 1.29 is 9.53 Å². The SMILES string of the molecule is CC(C)(C)C(=O)C(OCCCc1ccccc1)n1cncn1. The molecule has 0 bridgehead atoms. The van der Waals surface area contributed by atoms with Gasteiger partial charge in [0.05, 0.1) is 6.61 Å². The molecule has 1 atom stereocenters. The minimum absolute atomic E-state index is 0.00212. The Balaban J connectivity index is 1.92. The molecule has 0 saturated carbocycles. The Morgan fingerprint density at radius 3 is 2.59 bits per heavy atom. The molecule has 0 radical (unpaired) electrons. The van der Waals surface area contributed by atoms with E-state index in [0.29, 0.717) is 6.61 Å². The summed E-state index contributed by atoms with van der Waals surface area (Å²) >= 11 is 0. The highest BCUT2D eigenvalue weighted by molar-refractivity contribution is 5.86. The molecule has 0 amide bonds. The van der Waals surface area contributed by atoms with Gasteiger partial charge in [0.2, 0.25) is 6.23 Å². The lowest BCUT2D eigenvalue weighted by Crippen LogP contribution is -2.33. The summed E-state index contributed by atoms with van der Waals surface area (Å²) in [5.41, 5.74) is 0.779. The highest BCUT2D eigenvalue weighted by Crippen LogP contribution is 2.24. The first kappa shape index (κ1) is 16.4. The fourth-order valence-corrected chi connectivity index (χ4v) is 2.10. The van der Waals surface area contributed by atoms with Crippen molar-refractivity contribution in [2.75, 3.05) is 6.61 Å². The van der Waals surface area contributed by atoms with Crippen LogP contribution in [-0.4, -0.2) is 27.2 Å². The average Bonchev–Trinajstić information content (AvgIpc) is 3.01. The lowest BCUT2D eigenvalue weighted by Gasteiger charge is -2.24. The first-order valence-corrected chi connectivity index (χ1v) is 7.52. The molecule has 22 heavy (non-hydrogen) atoms. The molecule has 2 rings (SSSR count). The molecular formula is C17H23N3O2. The van der Waals surface area contributed by atoms with Crippen molar-refractivity contribution in [3.8, 4) is 0 Å². The maximum absolute atomic E-state index is 12.5. The third-order valence-electron chi connectivity index (χ3n) is 3.37. The number of Topliss-reactive ketones (excluding diaryl/α,β-unsaturated/α-hetero) is 1.